The Morgan fingerprint density at radius 2 is 1.79 bits per heavy atom. The number of methoxy groups -OCH3 is 2. The number of nitrogens with zero attached hydrogens (tertiary/aromatic N) is 1. The van der Waals surface area contributed by atoms with Crippen molar-refractivity contribution < 1.29 is 14.3 Å². The third kappa shape index (κ3) is 1.67. The number of rotatable bonds is 3. The molecule has 0 aliphatic heterocycles. The maximum atomic E-state index is 10.5. The Balaban J connectivity index is 3.41. The molecule has 72 valence electrons. The van der Waals surface area contributed by atoms with Crippen LogP contribution < -0.4 is 9.47 Å². The lowest BCUT2D eigenvalue weighted by atomic mass is 10.1. The molecule has 0 atom stereocenters. The number of hydrogen-bond donors (Lipinski definition) is 0. The monoisotopic (exact) mass is 191 g/mol. The molecule has 0 heterocycles. The smallest absolute Gasteiger partial charge is 0.150 e. The van der Waals surface area contributed by atoms with E-state index in [2.05, 4.69) is 0 Å². The molecule has 0 radical (unpaired) electrons. The van der Waals surface area contributed by atoms with Gasteiger partial charge in [0.25, 0.3) is 0 Å². The minimum Gasteiger partial charge on any atom is -0.495 e. The maximum absolute atomic E-state index is 10.5. The van der Waals surface area contributed by atoms with Gasteiger partial charge in [-0.2, -0.15) is 5.26 Å². The second kappa shape index (κ2) is 4.28. The van der Waals surface area contributed by atoms with E-state index in [0.29, 0.717) is 28.9 Å². The molecule has 14 heavy (non-hydrogen) atoms. The Bertz CT molecular complexity index is 368. The first-order chi connectivity index (χ1) is 6.76. The van der Waals surface area contributed by atoms with E-state index in [4.69, 9.17) is 14.7 Å². The molecule has 0 N–H and O–H groups in total. The number of nitriles is 1. The van der Waals surface area contributed by atoms with Crippen molar-refractivity contribution in [1.82, 2.24) is 0 Å². The van der Waals surface area contributed by atoms with Crippen LogP contribution in [0.4, 0.5) is 0 Å². The first kappa shape index (κ1) is 10.1. The summed E-state index contributed by atoms with van der Waals surface area (Å²) in [5.41, 5.74) is 0.707. The molecule has 0 spiro atoms. The van der Waals surface area contributed by atoms with Crippen molar-refractivity contribution in [2.45, 2.75) is 0 Å². The summed E-state index contributed by atoms with van der Waals surface area (Å²) >= 11 is 0. The molecule has 0 saturated carbocycles. The van der Waals surface area contributed by atoms with E-state index < -0.39 is 0 Å². The Labute approximate surface area is 81.7 Å². The van der Waals surface area contributed by atoms with Crippen molar-refractivity contribution in [1.29, 1.82) is 5.26 Å². The van der Waals surface area contributed by atoms with Crippen LogP contribution in [0.3, 0.4) is 0 Å². The lowest BCUT2D eigenvalue weighted by Gasteiger charge is -2.07. The van der Waals surface area contributed by atoms with Crippen LogP contribution in [-0.2, 0) is 0 Å². The third-order valence-corrected chi connectivity index (χ3v) is 1.78. The van der Waals surface area contributed by atoms with Crippen molar-refractivity contribution in [3.05, 3.63) is 23.3 Å². The van der Waals surface area contributed by atoms with Gasteiger partial charge in [-0.25, -0.2) is 0 Å². The zero-order valence-electron chi connectivity index (χ0n) is 7.90. The highest BCUT2D eigenvalue weighted by atomic mass is 16.5. The van der Waals surface area contributed by atoms with Crippen LogP contribution in [0.25, 0.3) is 0 Å². The van der Waals surface area contributed by atoms with Gasteiger partial charge < -0.3 is 9.47 Å². The van der Waals surface area contributed by atoms with Gasteiger partial charge in [-0.1, -0.05) is 0 Å². The Hall–Kier alpha value is -2.02. The fourth-order valence-corrected chi connectivity index (χ4v) is 1.11. The zero-order valence-corrected chi connectivity index (χ0v) is 7.90. The molecule has 0 saturated heterocycles. The number of aldehydes is 1. The highest BCUT2D eigenvalue weighted by Crippen LogP contribution is 2.28. The minimum atomic E-state index is 0.292. The number of carbonyl (C=O) groups is 1. The van der Waals surface area contributed by atoms with Gasteiger partial charge in [0.1, 0.15) is 29.4 Å². The van der Waals surface area contributed by atoms with Crippen molar-refractivity contribution in [2.24, 2.45) is 0 Å². The fourth-order valence-electron chi connectivity index (χ4n) is 1.11. The summed E-state index contributed by atoms with van der Waals surface area (Å²) < 4.78 is 9.92. The van der Waals surface area contributed by atoms with E-state index in [1.54, 1.807) is 0 Å². The standard InChI is InChI=1S/C10H9NO3/c1-13-9-3-7(6-12)4-10(14-2)8(9)5-11/h3-4,6H,1-2H3. The van der Waals surface area contributed by atoms with Gasteiger partial charge >= 0.3 is 0 Å². The Morgan fingerprint density at radius 1 is 1.29 bits per heavy atom. The van der Waals surface area contributed by atoms with Crippen LogP contribution in [0.2, 0.25) is 0 Å². The molecule has 0 amide bonds. The summed E-state index contributed by atoms with van der Waals surface area (Å²) in [5.74, 6) is 0.683. The summed E-state index contributed by atoms with van der Waals surface area (Å²) in [6.07, 6.45) is 0.673. The molecular weight excluding hydrogens is 182 g/mol. The zero-order chi connectivity index (χ0) is 10.6. The van der Waals surface area contributed by atoms with Crippen LogP contribution in [-0.4, -0.2) is 20.5 Å². The third-order valence-electron chi connectivity index (χ3n) is 1.78. The average Bonchev–Trinajstić information content (AvgIpc) is 2.26. The van der Waals surface area contributed by atoms with Crippen LogP contribution >= 0.6 is 0 Å². The summed E-state index contributed by atoms with van der Waals surface area (Å²) in [5, 5.41) is 8.83. The quantitative estimate of drug-likeness (QED) is 0.677. The molecule has 0 aliphatic rings. The molecule has 1 aromatic rings. The molecule has 0 aromatic heterocycles. The molecule has 0 unspecified atom stereocenters. The maximum Gasteiger partial charge on any atom is 0.150 e. The van der Waals surface area contributed by atoms with E-state index >= 15 is 0 Å². The van der Waals surface area contributed by atoms with Crippen LogP contribution in [0, 0.1) is 11.3 Å². The van der Waals surface area contributed by atoms with Crippen molar-refractivity contribution >= 4 is 6.29 Å². The topological polar surface area (TPSA) is 59.3 Å². The number of ether oxygens (including phenoxy) is 2. The summed E-state index contributed by atoms with van der Waals surface area (Å²) in [4.78, 5) is 10.5. The van der Waals surface area contributed by atoms with Crippen LogP contribution in [0.1, 0.15) is 15.9 Å². The number of hydrogen-bond acceptors (Lipinski definition) is 4. The predicted octanol–water partition coefficient (Wildman–Crippen LogP) is 1.39. The largest absolute Gasteiger partial charge is 0.495 e. The van der Waals surface area contributed by atoms with E-state index in [9.17, 15) is 4.79 Å². The lowest BCUT2D eigenvalue weighted by Crippen LogP contribution is -1.95. The van der Waals surface area contributed by atoms with Crippen molar-refractivity contribution in [2.75, 3.05) is 14.2 Å². The van der Waals surface area contributed by atoms with Crippen LogP contribution in [0.15, 0.2) is 12.1 Å². The van der Waals surface area contributed by atoms with Crippen molar-refractivity contribution in [3.8, 4) is 17.6 Å². The SMILES string of the molecule is COc1cc(C=O)cc(OC)c1C#N. The van der Waals surface area contributed by atoms with Gasteiger partial charge in [-0.15, -0.1) is 0 Å². The highest BCUT2D eigenvalue weighted by molar-refractivity contribution is 5.78. The van der Waals surface area contributed by atoms with Gasteiger partial charge in [0, 0.05) is 5.56 Å². The van der Waals surface area contributed by atoms with E-state index in [-0.39, 0.29) is 0 Å². The molecule has 4 heteroatoms. The molecule has 0 bridgehead atoms. The molecule has 1 aromatic carbocycles. The average molecular weight is 191 g/mol. The predicted molar refractivity (Wildman–Crippen MR) is 49.6 cm³/mol. The van der Waals surface area contributed by atoms with Gasteiger partial charge in [0.2, 0.25) is 0 Å². The Kier molecular flexibility index (Phi) is 3.08. The molecule has 0 aliphatic carbocycles. The minimum absolute atomic E-state index is 0.292. The molecular formula is C10H9NO3. The summed E-state index contributed by atoms with van der Waals surface area (Å²) in [6.45, 7) is 0. The summed E-state index contributed by atoms with van der Waals surface area (Å²) in [7, 11) is 2.87. The molecule has 1 rings (SSSR count). The fraction of sp³-hybridized carbons (Fsp3) is 0.200. The van der Waals surface area contributed by atoms with E-state index in [1.165, 1.54) is 26.4 Å². The van der Waals surface area contributed by atoms with Gasteiger partial charge in [-0.3, -0.25) is 4.79 Å². The lowest BCUT2D eigenvalue weighted by molar-refractivity contribution is 0.112. The Morgan fingerprint density at radius 3 is 2.07 bits per heavy atom. The second-order valence-corrected chi connectivity index (χ2v) is 2.53. The second-order valence-electron chi connectivity index (χ2n) is 2.53. The highest BCUT2D eigenvalue weighted by Gasteiger charge is 2.11. The molecule has 4 nitrogen and oxygen atoms in total. The van der Waals surface area contributed by atoms with E-state index in [1.807, 2.05) is 6.07 Å². The van der Waals surface area contributed by atoms with Gasteiger partial charge in [-0.05, 0) is 12.1 Å². The van der Waals surface area contributed by atoms with Gasteiger partial charge in [0.15, 0.2) is 0 Å². The number of benzene rings is 1. The van der Waals surface area contributed by atoms with Crippen LogP contribution in [0.5, 0.6) is 11.5 Å². The molecule has 0 fully saturated rings. The first-order valence-corrected chi connectivity index (χ1v) is 3.88. The normalized spacial score (nSPS) is 8.93. The summed E-state index contributed by atoms with van der Waals surface area (Å²) in [6, 6.07) is 4.94. The van der Waals surface area contributed by atoms with Gasteiger partial charge in [0.05, 0.1) is 14.2 Å². The number of carbonyl (C=O) groups excluding carboxylic acids is 1. The first-order valence-electron chi connectivity index (χ1n) is 3.88. The van der Waals surface area contributed by atoms with Crippen molar-refractivity contribution in [3.63, 3.8) is 0 Å². The van der Waals surface area contributed by atoms with E-state index in [0.717, 1.165) is 0 Å².